The SMILES string of the molecule is CC(C)N(C(=O)CN1C(=O)N[C@@](C)(c2ccccc2)C1=O)c1ccccc1. The minimum absolute atomic E-state index is 0.110. The van der Waals surface area contributed by atoms with Crippen LogP contribution in [0.2, 0.25) is 0 Å². The fourth-order valence-corrected chi connectivity index (χ4v) is 3.34. The highest BCUT2D eigenvalue weighted by molar-refractivity contribution is 6.10. The molecule has 27 heavy (non-hydrogen) atoms. The van der Waals surface area contributed by atoms with E-state index in [0.29, 0.717) is 5.56 Å². The molecule has 1 atom stereocenters. The maximum absolute atomic E-state index is 13.0. The molecule has 0 saturated carbocycles. The Labute approximate surface area is 158 Å². The van der Waals surface area contributed by atoms with Gasteiger partial charge in [0, 0.05) is 11.7 Å². The highest BCUT2D eigenvalue weighted by Crippen LogP contribution is 2.29. The van der Waals surface area contributed by atoms with E-state index in [2.05, 4.69) is 5.32 Å². The van der Waals surface area contributed by atoms with Crippen LogP contribution in [0.5, 0.6) is 0 Å². The summed E-state index contributed by atoms with van der Waals surface area (Å²) >= 11 is 0. The average molecular weight is 365 g/mol. The molecule has 1 heterocycles. The van der Waals surface area contributed by atoms with Gasteiger partial charge in [0.2, 0.25) is 5.91 Å². The number of nitrogens with one attached hydrogen (secondary N) is 1. The maximum atomic E-state index is 13.0. The number of carbonyl (C=O) groups excluding carboxylic acids is 3. The lowest BCUT2D eigenvalue weighted by molar-refractivity contribution is -0.134. The second-order valence-corrected chi connectivity index (χ2v) is 7.01. The summed E-state index contributed by atoms with van der Waals surface area (Å²) in [5.74, 6) is -0.735. The number of para-hydroxylation sites is 1. The van der Waals surface area contributed by atoms with Crippen LogP contribution in [0, 0.1) is 0 Å². The van der Waals surface area contributed by atoms with Crippen LogP contribution in [-0.2, 0) is 15.1 Å². The van der Waals surface area contributed by atoms with Crippen molar-refractivity contribution in [3.8, 4) is 0 Å². The van der Waals surface area contributed by atoms with Crippen molar-refractivity contribution in [3.63, 3.8) is 0 Å². The van der Waals surface area contributed by atoms with Gasteiger partial charge in [0.1, 0.15) is 12.1 Å². The third-order valence-corrected chi connectivity index (χ3v) is 4.74. The first-order chi connectivity index (χ1) is 12.8. The molecular formula is C21H23N3O3. The summed E-state index contributed by atoms with van der Waals surface area (Å²) in [6, 6.07) is 17.6. The van der Waals surface area contributed by atoms with Crippen molar-refractivity contribution in [2.24, 2.45) is 0 Å². The summed E-state index contributed by atoms with van der Waals surface area (Å²) < 4.78 is 0. The number of amides is 4. The summed E-state index contributed by atoms with van der Waals surface area (Å²) in [4.78, 5) is 41.0. The molecular weight excluding hydrogens is 342 g/mol. The van der Waals surface area contributed by atoms with Crippen LogP contribution in [0.1, 0.15) is 26.3 Å². The van der Waals surface area contributed by atoms with Gasteiger partial charge in [-0.15, -0.1) is 0 Å². The van der Waals surface area contributed by atoms with Gasteiger partial charge >= 0.3 is 6.03 Å². The largest absolute Gasteiger partial charge is 0.325 e. The van der Waals surface area contributed by atoms with E-state index in [1.165, 1.54) is 0 Å². The molecule has 2 aromatic rings. The summed E-state index contributed by atoms with van der Waals surface area (Å²) in [5.41, 5.74) is 0.242. The third-order valence-electron chi connectivity index (χ3n) is 4.74. The molecule has 1 N–H and O–H groups in total. The molecule has 6 nitrogen and oxygen atoms in total. The molecule has 0 radical (unpaired) electrons. The molecule has 3 rings (SSSR count). The molecule has 0 spiro atoms. The minimum atomic E-state index is -1.17. The monoisotopic (exact) mass is 365 g/mol. The topological polar surface area (TPSA) is 69.7 Å². The molecule has 0 aromatic heterocycles. The molecule has 0 aliphatic carbocycles. The summed E-state index contributed by atoms with van der Waals surface area (Å²) in [6.45, 7) is 5.14. The molecule has 0 bridgehead atoms. The number of nitrogens with zero attached hydrogens (tertiary/aromatic N) is 2. The second kappa shape index (κ2) is 7.23. The first-order valence-corrected chi connectivity index (χ1v) is 8.91. The van der Waals surface area contributed by atoms with Gasteiger partial charge in [0.15, 0.2) is 0 Å². The van der Waals surface area contributed by atoms with Crippen molar-refractivity contribution in [1.29, 1.82) is 0 Å². The Kier molecular flexibility index (Phi) is 4.99. The molecule has 4 amide bonds. The average Bonchev–Trinajstić information content (AvgIpc) is 2.87. The minimum Gasteiger partial charge on any atom is -0.319 e. The lowest BCUT2D eigenvalue weighted by atomic mass is 9.92. The van der Waals surface area contributed by atoms with Crippen molar-refractivity contribution in [2.45, 2.75) is 32.4 Å². The number of benzene rings is 2. The summed E-state index contributed by atoms with van der Waals surface area (Å²) in [7, 11) is 0. The van der Waals surface area contributed by atoms with Crippen LogP contribution in [0.15, 0.2) is 60.7 Å². The fraction of sp³-hybridized carbons (Fsp3) is 0.286. The van der Waals surface area contributed by atoms with Gasteiger partial charge in [-0.25, -0.2) is 4.79 Å². The van der Waals surface area contributed by atoms with E-state index < -0.39 is 17.5 Å². The predicted octanol–water partition coefficient (Wildman–Crippen LogP) is 2.90. The molecule has 1 aliphatic heterocycles. The van der Waals surface area contributed by atoms with Gasteiger partial charge in [0.05, 0.1) is 0 Å². The predicted molar refractivity (Wildman–Crippen MR) is 103 cm³/mol. The summed E-state index contributed by atoms with van der Waals surface area (Å²) in [6.07, 6.45) is 0. The smallest absolute Gasteiger partial charge is 0.319 e. The zero-order chi connectivity index (χ0) is 19.6. The van der Waals surface area contributed by atoms with E-state index in [4.69, 9.17) is 0 Å². The van der Waals surface area contributed by atoms with E-state index in [1.807, 2.05) is 62.4 Å². The number of imide groups is 1. The first kappa shape index (κ1) is 18.6. The van der Waals surface area contributed by atoms with Crippen molar-refractivity contribution < 1.29 is 14.4 Å². The Morgan fingerprint density at radius 1 is 1.04 bits per heavy atom. The number of anilines is 1. The lowest BCUT2D eigenvalue weighted by Crippen LogP contribution is -2.46. The standard InChI is InChI=1S/C21H23N3O3/c1-15(2)24(17-12-8-5-9-13-17)18(25)14-23-19(26)21(3,22-20(23)27)16-10-6-4-7-11-16/h4-13,15H,14H2,1-3H3,(H,22,27)/t21-/m0/s1. The molecule has 1 aliphatic rings. The van der Waals surface area contributed by atoms with E-state index >= 15 is 0 Å². The van der Waals surface area contributed by atoms with E-state index in [-0.39, 0.29) is 18.5 Å². The number of urea groups is 1. The zero-order valence-corrected chi connectivity index (χ0v) is 15.7. The van der Waals surface area contributed by atoms with Crippen molar-refractivity contribution in [3.05, 3.63) is 66.2 Å². The Balaban J connectivity index is 1.83. The fourth-order valence-electron chi connectivity index (χ4n) is 3.34. The van der Waals surface area contributed by atoms with Crippen LogP contribution in [-0.4, -0.2) is 35.3 Å². The highest BCUT2D eigenvalue weighted by atomic mass is 16.2. The van der Waals surface area contributed by atoms with Gasteiger partial charge in [-0.3, -0.25) is 14.5 Å². The number of carbonyl (C=O) groups is 3. The van der Waals surface area contributed by atoms with Gasteiger partial charge in [0.25, 0.3) is 5.91 Å². The van der Waals surface area contributed by atoms with Crippen molar-refractivity contribution >= 4 is 23.5 Å². The van der Waals surface area contributed by atoms with Crippen molar-refractivity contribution in [2.75, 3.05) is 11.4 Å². The van der Waals surface area contributed by atoms with Crippen LogP contribution in [0.25, 0.3) is 0 Å². The lowest BCUT2D eigenvalue weighted by Gasteiger charge is -2.28. The second-order valence-electron chi connectivity index (χ2n) is 7.01. The Morgan fingerprint density at radius 2 is 1.59 bits per heavy atom. The normalized spacial score (nSPS) is 19.3. The van der Waals surface area contributed by atoms with E-state index in [0.717, 1.165) is 10.6 Å². The Hall–Kier alpha value is -3.15. The molecule has 140 valence electrons. The Bertz CT molecular complexity index is 851. The van der Waals surface area contributed by atoms with E-state index in [9.17, 15) is 14.4 Å². The van der Waals surface area contributed by atoms with E-state index in [1.54, 1.807) is 24.0 Å². The van der Waals surface area contributed by atoms with Gasteiger partial charge < -0.3 is 10.2 Å². The highest BCUT2D eigenvalue weighted by Gasteiger charge is 2.49. The van der Waals surface area contributed by atoms with Gasteiger partial charge in [-0.1, -0.05) is 48.5 Å². The van der Waals surface area contributed by atoms with Crippen LogP contribution in [0.4, 0.5) is 10.5 Å². The van der Waals surface area contributed by atoms with Crippen molar-refractivity contribution in [1.82, 2.24) is 10.2 Å². The van der Waals surface area contributed by atoms with Gasteiger partial charge in [-0.05, 0) is 38.5 Å². The van der Waals surface area contributed by atoms with Gasteiger partial charge in [-0.2, -0.15) is 0 Å². The number of hydrogen-bond donors (Lipinski definition) is 1. The van der Waals surface area contributed by atoms with Crippen LogP contribution in [0.3, 0.4) is 0 Å². The Morgan fingerprint density at radius 3 is 2.15 bits per heavy atom. The zero-order valence-electron chi connectivity index (χ0n) is 15.7. The maximum Gasteiger partial charge on any atom is 0.325 e. The molecule has 0 unspecified atom stereocenters. The third kappa shape index (κ3) is 3.43. The van der Waals surface area contributed by atoms with Crippen LogP contribution >= 0.6 is 0 Å². The molecule has 2 aromatic carbocycles. The quantitative estimate of drug-likeness (QED) is 0.829. The molecule has 1 fully saturated rings. The molecule has 1 saturated heterocycles. The van der Waals surface area contributed by atoms with Crippen LogP contribution < -0.4 is 10.2 Å². The number of rotatable bonds is 5. The molecule has 6 heteroatoms. The number of hydrogen-bond acceptors (Lipinski definition) is 3. The first-order valence-electron chi connectivity index (χ1n) is 8.91. The summed E-state index contributed by atoms with van der Waals surface area (Å²) in [5, 5.41) is 2.73.